The fourth-order valence-corrected chi connectivity index (χ4v) is 4.74. The van der Waals surface area contributed by atoms with E-state index in [9.17, 15) is 9.59 Å². The van der Waals surface area contributed by atoms with Gasteiger partial charge in [0, 0.05) is 32.4 Å². The van der Waals surface area contributed by atoms with Crippen molar-refractivity contribution in [2.24, 2.45) is 5.92 Å². The topological polar surface area (TPSA) is 46.6 Å². The molecule has 4 heteroatoms. The molecule has 2 fully saturated rings. The Morgan fingerprint density at radius 3 is 2.56 bits per heavy atom. The van der Waals surface area contributed by atoms with Crippen LogP contribution in [0, 0.1) is 5.92 Å². The Morgan fingerprint density at radius 2 is 1.96 bits per heavy atom. The molecule has 0 unspecified atom stereocenters. The number of carbonyl (C=O) groups is 2. The SMILES string of the molecule is CCC(=O)N1CCC[C@H]1[C@H](OC)[C@@H](C)C(=O)CCC1(c2ccccc2)CC1. The monoisotopic (exact) mass is 371 g/mol. The van der Waals surface area contributed by atoms with Crippen LogP contribution in [0.2, 0.25) is 0 Å². The molecule has 27 heavy (non-hydrogen) atoms. The molecule has 0 radical (unpaired) electrons. The van der Waals surface area contributed by atoms with Gasteiger partial charge in [0.15, 0.2) is 0 Å². The Morgan fingerprint density at radius 1 is 1.26 bits per heavy atom. The molecule has 0 aromatic heterocycles. The standard InChI is InChI=1S/C23H33NO3/c1-4-21(26)24-16-8-11-19(24)22(27-3)17(2)20(25)12-13-23(14-15-23)18-9-6-5-7-10-18/h5-7,9-10,17,19,22H,4,8,11-16H2,1-3H3/t17-,19-,22+/m0/s1. The highest BCUT2D eigenvalue weighted by Gasteiger charge is 2.45. The number of ketones is 1. The number of ether oxygens (including phenoxy) is 1. The van der Waals surface area contributed by atoms with Crippen molar-refractivity contribution in [3.8, 4) is 0 Å². The minimum absolute atomic E-state index is 0.0328. The number of hydrogen-bond acceptors (Lipinski definition) is 3. The number of benzene rings is 1. The number of rotatable bonds is 9. The summed E-state index contributed by atoms with van der Waals surface area (Å²) >= 11 is 0. The maximum atomic E-state index is 13.0. The second-order valence-corrected chi connectivity index (χ2v) is 8.25. The summed E-state index contributed by atoms with van der Waals surface area (Å²) in [7, 11) is 1.67. The van der Waals surface area contributed by atoms with Gasteiger partial charge in [-0.3, -0.25) is 9.59 Å². The summed E-state index contributed by atoms with van der Waals surface area (Å²) < 4.78 is 5.76. The van der Waals surface area contributed by atoms with E-state index in [2.05, 4.69) is 24.3 Å². The van der Waals surface area contributed by atoms with Crippen molar-refractivity contribution >= 4 is 11.7 Å². The van der Waals surface area contributed by atoms with Crippen LogP contribution in [0.1, 0.15) is 64.4 Å². The van der Waals surface area contributed by atoms with Crippen molar-refractivity contribution in [3.63, 3.8) is 0 Å². The van der Waals surface area contributed by atoms with Gasteiger partial charge in [-0.2, -0.15) is 0 Å². The van der Waals surface area contributed by atoms with Crippen LogP contribution in [-0.2, 0) is 19.7 Å². The van der Waals surface area contributed by atoms with Crippen molar-refractivity contribution in [1.29, 1.82) is 0 Å². The van der Waals surface area contributed by atoms with Gasteiger partial charge in [0.05, 0.1) is 12.1 Å². The number of amides is 1. The van der Waals surface area contributed by atoms with Crippen molar-refractivity contribution in [2.75, 3.05) is 13.7 Å². The number of carbonyl (C=O) groups excluding carboxylic acids is 2. The average molecular weight is 372 g/mol. The highest BCUT2D eigenvalue weighted by Crippen LogP contribution is 2.51. The largest absolute Gasteiger partial charge is 0.379 e. The van der Waals surface area contributed by atoms with Gasteiger partial charge in [-0.05, 0) is 43.1 Å². The van der Waals surface area contributed by atoms with Gasteiger partial charge in [0.25, 0.3) is 0 Å². The van der Waals surface area contributed by atoms with E-state index in [4.69, 9.17) is 4.74 Å². The summed E-state index contributed by atoms with van der Waals surface area (Å²) in [6.45, 7) is 4.66. The third-order valence-electron chi connectivity index (χ3n) is 6.66. The molecule has 1 heterocycles. The highest BCUT2D eigenvalue weighted by molar-refractivity contribution is 5.82. The van der Waals surface area contributed by atoms with E-state index in [0.717, 1.165) is 25.8 Å². The van der Waals surface area contributed by atoms with Crippen molar-refractivity contribution in [3.05, 3.63) is 35.9 Å². The molecule has 1 saturated heterocycles. The first kappa shape index (κ1) is 20.1. The van der Waals surface area contributed by atoms with Crippen LogP contribution >= 0.6 is 0 Å². The van der Waals surface area contributed by atoms with Crippen LogP contribution in [0.15, 0.2) is 30.3 Å². The smallest absolute Gasteiger partial charge is 0.222 e. The van der Waals surface area contributed by atoms with Crippen molar-refractivity contribution in [1.82, 2.24) is 4.90 Å². The fraction of sp³-hybridized carbons (Fsp3) is 0.652. The first-order valence-electron chi connectivity index (χ1n) is 10.4. The van der Waals surface area contributed by atoms with Gasteiger partial charge < -0.3 is 9.64 Å². The van der Waals surface area contributed by atoms with E-state index < -0.39 is 0 Å². The van der Waals surface area contributed by atoms with E-state index in [1.165, 1.54) is 18.4 Å². The third kappa shape index (κ3) is 4.26. The van der Waals surface area contributed by atoms with Crippen LogP contribution in [-0.4, -0.2) is 42.4 Å². The Balaban J connectivity index is 1.61. The summed E-state index contributed by atoms with van der Waals surface area (Å²) in [6.07, 6.45) is 6.08. The molecule has 1 aromatic carbocycles. The van der Waals surface area contributed by atoms with Crippen LogP contribution in [0.25, 0.3) is 0 Å². The second-order valence-electron chi connectivity index (χ2n) is 8.25. The van der Waals surface area contributed by atoms with E-state index >= 15 is 0 Å². The minimum atomic E-state index is -0.206. The Kier molecular flexibility index (Phi) is 6.36. The van der Waals surface area contributed by atoms with Crippen LogP contribution in [0.5, 0.6) is 0 Å². The molecular weight excluding hydrogens is 338 g/mol. The first-order chi connectivity index (χ1) is 13.0. The zero-order valence-electron chi connectivity index (χ0n) is 16.9. The van der Waals surface area contributed by atoms with E-state index in [0.29, 0.717) is 12.8 Å². The number of likely N-dealkylation sites (tertiary alicyclic amines) is 1. The molecule has 4 nitrogen and oxygen atoms in total. The molecule has 2 aliphatic rings. The Bertz CT molecular complexity index is 653. The van der Waals surface area contributed by atoms with Crippen molar-refractivity contribution in [2.45, 2.75) is 76.4 Å². The predicted molar refractivity (Wildman–Crippen MR) is 107 cm³/mol. The highest BCUT2D eigenvalue weighted by atomic mass is 16.5. The normalized spacial score (nSPS) is 23.1. The van der Waals surface area contributed by atoms with Crippen LogP contribution in [0.3, 0.4) is 0 Å². The zero-order valence-corrected chi connectivity index (χ0v) is 16.9. The lowest BCUT2D eigenvalue weighted by Crippen LogP contribution is -2.47. The molecule has 1 saturated carbocycles. The van der Waals surface area contributed by atoms with E-state index in [1.807, 2.05) is 24.8 Å². The lowest BCUT2D eigenvalue weighted by atomic mass is 9.85. The summed E-state index contributed by atoms with van der Waals surface area (Å²) in [5.41, 5.74) is 1.57. The van der Waals surface area contributed by atoms with Gasteiger partial charge in [0.2, 0.25) is 5.91 Å². The molecule has 1 amide bonds. The number of nitrogens with zero attached hydrogens (tertiary/aromatic N) is 1. The first-order valence-corrected chi connectivity index (χ1v) is 10.4. The van der Waals surface area contributed by atoms with E-state index in [-0.39, 0.29) is 35.2 Å². The summed E-state index contributed by atoms with van der Waals surface area (Å²) in [5, 5.41) is 0. The maximum Gasteiger partial charge on any atom is 0.222 e. The molecule has 1 aromatic rings. The maximum absolute atomic E-state index is 13.0. The fourth-order valence-electron chi connectivity index (χ4n) is 4.74. The molecule has 0 bridgehead atoms. The molecular formula is C23H33NO3. The lowest BCUT2D eigenvalue weighted by Gasteiger charge is -2.34. The van der Waals surface area contributed by atoms with Gasteiger partial charge in [-0.1, -0.05) is 44.2 Å². The Hall–Kier alpha value is -1.68. The molecule has 0 N–H and O–H groups in total. The molecule has 0 spiro atoms. The zero-order chi connectivity index (χ0) is 19.4. The molecule has 148 valence electrons. The van der Waals surface area contributed by atoms with Gasteiger partial charge in [-0.15, -0.1) is 0 Å². The number of Topliss-reactive ketones (excluding diaryl/α,β-unsaturated/α-hetero) is 1. The predicted octanol–water partition coefficient (Wildman–Crippen LogP) is 4.12. The Labute approximate surface area is 163 Å². The average Bonchev–Trinajstić information content (AvgIpc) is 3.36. The summed E-state index contributed by atoms with van der Waals surface area (Å²) in [5.74, 6) is 0.247. The third-order valence-corrected chi connectivity index (χ3v) is 6.66. The van der Waals surface area contributed by atoms with Crippen molar-refractivity contribution < 1.29 is 14.3 Å². The van der Waals surface area contributed by atoms with Gasteiger partial charge in [-0.25, -0.2) is 0 Å². The summed E-state index contributed by atoms with van der Waals surface area (Å²) in [4.78, 5) is 27.1. The molecule has 1 aliphatic carbocycles. The molecule has 3 atom stereocenters. The van der Waals surface area contributed by atoms with Crippen LogP contribution < -0.4 is 0 Å². The minimum Gasteiger partial charge on any atom is -0.379 e. The second kappa shape index (κ2) is 8.55. The van der Waals surface area contributed by atoms with Crippen LogP contribution in [0.4, 0.5) is 0 Å². The summed E-state index contributed by atoms with van der Waals surface area (Å²) in [6, 6.07) is 10.6. The molecule has 3 rings (SSSR count). The number of methoxy groups -OCH3 is 1. The number of hydrogen-bond donors (Lipinski definition) is 0. The van der Waals surface area contributed by atoms with Gasteiger partial charge in [0.1, 0.15) is 5.78 Å². The quantitative estimate of drug-likeness (QED) is 0.656. The van der Waals surface area contributed by atoms with Gasteiger partial charge >= 0.3 is 0 Å². The van der Waals surface area contributed by atoms with E-state index in [1.54, 1.807) is 7.11 Å². The lowest BCUT2D eigenvalue weighted by molar-refractivity contribution is -0.138. The molecule has 1 aliphatic heterocycles.